The Bertz CT molecular complexity index is 1060. The second-order valence-electron chi connectivity index (χ2n) is 8.51. The van der Waals surface area contributed by atoms with Crippen LogP contribution in [0.2, 0.25) is 0 Å². The lowest BCUT2D eigenvalue weighted by atomic mass is 9.96. The van der Waals surface area contributed by atoms with Crippen LogP contribution in [-0.2, 0) is 4.79 Å². The van der Waals surface area contributed by atoms with E-state index in [9.17, 15) is 4.79 Å². The molecule has 1 unspecified atom stereocenters. The Morgan fingerprint density at radius 1 is 0.969 bits per heavy atom. The second-order valence-corrected chi connectivity index (χ2v) is 8.51. The van der Waals surface area contributed by atoms with Gasteiger partial charge in [-0.3, -0.25) is 4.79 Å². The fourth-order valence-corrected chi connectivity index (χ4v) is 4.62. The first-order valence-electron chi connectivity index (χ1n) is 11.2. The molecule has 9 heteroatoms. The molecule has 0 saturated carbocycles. The lowest BCUT2D eigenvalue weighted by Crippen LogP contribution is -2.52. The van der Waals surface area contributed by atoms with E-state index in [1.165, 1.54) is 17.6 Å². The molecule has 2 aromatic heterocycles. The van der Waals surface area contributed by atoms with Gasteiger partial charge < -0.3 is 14.7 Å². The zero-order chi connectivity index (χ0) is 21.9. The monoisotopic (exact) mass is 432 g/mol. The molecule has 1 amide bonds. The second kappa shape index (κ2) is 8.94. The fraction of sp³-hybridized carbons (Fsp3) is 0.435. The summed E-state index contributed by atoms with van der Waals surface area (Å²) in [6.45, 7) is 6.98. The van der Waals surface area contributed by atoms with Crippen molar-refractivity contribution in [1.82, 2.24) is 29.6 Å². The topological polar surface area (TPSA) is 83.3 Å². The SMILES string of the molecule is Cc1cccc(N2CCN(C(=O)C3CCCN(c4cc(-n5cncn5)ncn4)C3)CC2)c1. The minimum Gasteiger partial charge on any atom is -0.368 e. The quantitative estimate of drug-likeness (QED) is 0.623. The molecule has 2 aliphatic rings. The van der Waals surface area contributed by atoms with Crippen LogP contribution in [-0.4, -0.2) is 74.8 Å². The normalized spacial score (nSPS) is 19.3. The molecule has 166 valence electrons. The number of anilines is 2. The lowest BCUT2D eigenvalue weighted by molar-refractivity contribution is -0.136. The van der Waals surface area contributed by atoms with Crippen molar-refractivity contribution in [2.75, 3.05) is 49.1 Å². The van der Waals surface area contributed by atoms with Crippen LogP contribution < -0.4 is 9.80 Å². The summed E-state index contributed by atoms with van der Waals surface area (Å²) < 4.78 is 1.62. The van der Waals surface area contributed by atoms with Crippen molar-refractivity contribution in [2.45, 2.75) is 19.8 Å². The standard InChI is InChI=1S/C23H28N8O/c1-18-4-2-6-20(12-18)28-8-10-29(11-9-28)23(32)19-5-3-7-30(14-19)21-13-22(26-16-25-21)31-17-24-15-27-31/h2,4,6,12-13,15-17,19H,3,5,7-11,14H2,1H3. The molecular weight excluding hydrogens is 404 g/mol. The predicted octanol–water partition coefficient (Wildman–Crippen LogP) is 1.93. The van der Waals surface area contributed by atoms with Gasteiger partial charge in [-0.15, -0.1) is 0 Å². The number of nitrogens with zero attached hydrogens (tertiary/aromatic N) is 8. The van der Waals surface area contributed by atoms with Crippen LogP contribution in [0.3, 0.4) is 0 Å². The highest BCUT2D eigenvalue weighted by Gasteiger charge is 2.31. The molecular formula is C23H28N8O. The van der Waals surface area contributed by atoms with E-state index in [0.717, 1.165) is 51.4 Å². The van der Waals surface area contributed by atoms with E-state index in [2.05, 4.69) is 61.0 Å². The zero-order valence-electron chi connectivity index (χ0n) is 18.3. The van der Waals surface area contributed by atoms with Gasteiger partial charge in [0.25, 0.3) is 0 Å². The first-order valence-corrected chi connectivity index (χ1v) is 11.2. The molecule has 2 saturated heterocycles. The molecule has 0 bridgehead atoms. The van der Waals surface area contributed by atoms with E-state index >= 15 is 0 Å². The third kappa shape index (κ3) is 4.28. The van der Waals surface area contributed by atoms with Crippen molar-refractivity contribution in [2.24, 2.45) is 5.92 Å². The van der Waals surface area contributed by atoms with Gasteiger partial charge in [0.2, 0.25) is 5.91 Å². The first-order chi connectivity index (χ1) is 15.7. The molecule has 2 fully saturated rings. The Hall–Kier alpha value is -3.49. The number of piperazine rings is 1. The number of aromatic nitrogens is 5. The molecule has 3 aromatic rings. The van der Waals surface area contributed by atoms with Crippen LogP contribution in [0.5, 0.6) is 0 Å². The van der Waals surface area contributed by atoms with E-state index in [1.54, 1.807) is 17.3 Å². The molecule has 5 rings (SSSR count). The summed E-state index contributed by atoms with van der Waals surface area (Å²) in [5.41, 5.74) is 2.51. The highest BCUT2D eigenvalue weighted by atomic mass is 16.2. The van der Waals surface area contributed by atoms with Crippen LogP contribution in [0.15, 0.2) is 49.3 Å². The van der Waals surface area contributed by atoms with Gasteiger partial charge in [-0.25, -0.2) is 19.6 Å². The molecule has 32 heavy (non-hydrogen) atoms. The van der Waals surface area contributed by atoms with Gasteiger partial charge in [0.15, 0.2) is 5.82 Å². The maximum Gasteiger partial charge on any atom is 0.227 e. The number of rotatable bonds is 4. The average Bonchev–Trinajstić information content (AvgIpc) is 3.39. The highest BCUT2D eigenvalue weighted by molar-refractivity contribution is 5.80. The van der Waals surface area contributed by atoms with Gasteiger partial charge in [0, 0.05) is 51.0 Å². The molecule has 0 spiro atoms. The van der Waals surface area contributed by atoms with E-state index in [1.807, 2.05) is 11.0 Å². The molecule has 1 aromatic carbocycles. The van der Waals surface area contributed by atoms with Crippen molar-refractivity contribution >= 4 is 17.4 Å². The summed E-state index contributed by atoms with van der Waals surface area (Å²) >= 11 is 0. The highest BCUT2D eigenvalue weighted by Crippen LogP contribution is 2.25. The fourth-order valence-electron chi connectivity index (χ4n) is 4.62. The van der Waals surface area contributed by atoms with Gasteiger partial charge in [-0.05, 0) is 37.5 Å². The van der Waals surface area contributed by atoms with Gasteiger partial charge in [-0.1, -0.05) is 12.1 Å². The molecule has 2 aliphatic heterocycles. The minimum absolute atomic E-state index is 0.000875. The third-order valence-corrected chi connectivity index (χ3v) is 6.34. The predicted molar refractivity (Wildman–Crippen MR) is 122 cm³/mol. The van der Waals surface area contributed by atoms with Crippen LogP contribution >= 0.6 is 0 Å². The number of amides is 1. The molecule has 4 heterocycles. The summed E-state index contributed by atoms with van der Waals surface area (Å²) in [6, 6.07) is 10.5. The van der Waals surface area contributed by atoms with E-state index in [4.69, 9.17) is 0 Å². The van der Waals surface area contributed by atoms with Gasteiger partial charge in [-0.2, -0.15) is 5.10 Å². The number of aryl methyl sites for hydroxylation is 1. The molecule has 1 atom stereocenters. The number of benzene rings is 1. The number of hydrogen-bond acceptors (Lipinski definition) is 7. The number of hydrogen-bond donors (Lipinski definition) is 0. The molecule has 0 aliphatic carbocycles. The average molecular weight is 433 g/mol. The van der Waals surface area contributed by atoms with Crippen molar-refractivity contribution in [3.05, 3.63) is 54.9 Å². The summed E-state index contributed by atoms with van der Waals surface area (Å²) in [5.74, 6) is 1.77. The summed E-state index contributed by atoms with van der Waals surface area (Å²) in [7, 11) is 0. The number of carbonyl (C=O) groups is 1. The maximum absolute atomic E-state index is 13.3. The van der Waals surface area contributed by atoms with Gasteiger partial charge in [0.05, 0.1) is 5.92 Å². The number of carbonyl (C=O) groups excluding carboxylic acids is 1. The van der Waals surface area contributed by atoms with Crippen LogP contribution in [0.4, 0.5) is 11.5 Å². The maximum atomic E-state index is 13.3. The van der Waals surface area contributed by atoms with E-state index in [0.29, 0.717) is 12.4 Å². The van der Waals surface area contributed by atoms with Gasteiger partial charge in [0.1, 0.15) is 24.8 Å². The van der Waals surface area contributed by atoms with Crippen LogP contribution in [0, 0.1) is 12.8 Å². The van der Waals surface area contributed by atoms with E-state index in [-0.39, 0.29) is 11.8 Å². The largest absolute Gasteiger partial charge is 0.368 e. The smallest absolute Gasteiger partial charge is 0.227 e. The first kappa shape index (κ1) is 20.4. The Kier molecular flexibility index (Phi) is 5.70. The van der Waals surface area contributed by atoms with Crippen molar-refractivity contribution in [3.63, 3.8) is 0 Å². The Morgan fingerprint density at radius 3 is 2.59 bits per heavy atom. The summed E-state index contributed by atoms with van der Waals surface area (Å²) in [5, 5.41) is 4.14. The Labute approximate surface area is 187 Å². The van der Waals surface area contributed by atoms with Crippen LogP contribution in [0.25, 0.3) is 5.82 Å². The van der Waals surface area contributed by atoms with Crippen molar-refractivity contribution in [1.29, 1.82) is 0 Å². The van der Waals surface area contributed by atoms with E-state index < -0.39 is 0 Å². The van der Waals surface area contributed by atoms with Crippen LogP contribution in [0.1, 0.15) is 18.4 Å². The summed E-state index contributed by atoms with van der Waals surface area (Å²) in [4.78, 5) is 32.6. The molecule has 0 N–H and O–H groups in total. The Morgan fingerprint density at radius 2 is 1.81 bits per heavy atom. The summed E-state index contributed by atoms with van der Waals surface area (Å²) in [6.07, 6.45) is 6.54. The zero-order valence-corrected chi connectivity index (χ0v) is 18.3. The lowest BCUT2D eigenvalue weighted by Gasteiger charge is -2.40. The van der Waals surface area contributed by atoms with Gasteiger partial charge >= 0.3 is 0 Å². The molecule has 9 nitrogen and oxygen atoms in total. The third-order valence-electron chi connectivity index (χ3n) is 6.34. The number of piperidine rings is 1. The minimum atomic E-state index is -0.000875. The molecule has 0 radical (unpaired) electrons. The van der Waals surface area contributed by atoms with Crippen molar-refractivity contribution < 1.29 is 4.79 Å². The van der Waals surface area contributed by atoms with Crippen molar-refractivity contribution in [3.8, 4) is 5.82 Å². The Balaban J connectivity index is 1.21.